The number of rotatable bonds is 6. The van der Waals surface area contributed by atoms with E-state index in [1.807, 2.05) is 24.3 Å². The molecule has 0 aliphatic carbocycles. The molecule has 2 aromatic rings. The van der Waals surface area contributed by atoms with Gasteiger partial charge in [-0.2, -0.15) is 0 Å². The minimum Gasteiger partial charge on any atom is -0.368 e. The normalized spacial score (nSPS) is 11.8. The van der Waals surface area contributed by atoms with E-state index in [1.165, 1.54) is 6.07 Å². The number of hydrogen-bond acceptors (Lipinski definition) is 2. The molecule has 0 aliphatic rings. The van der Waals surface area contributed by atoms with Crippen LogP contribution in [0.15, 0.2) is 42.5 Å². The molecule has 0 aromatic heterocycles. The van der Waals surface area contributed by atoms with E-state index in [-0.39, 0.29) is 12.8 Å². The number of amides is 2. The molecule has 126 valence electrons. The summed E-state index contributed by atoms with van der Waals surface area (Å²) in [6.07, 6.45) is 0.0881. The summed E-state index contributed by atoms with van der Waals surface area (Å²) in [4.78, 5) is 23.7. The van der Waals surface area contributed by atoms with Crippen LogP contribution in [0.25, 0.3) is 0 Å². The Kier molecular flexibility index (Phi) is 6.24. The first kappa shape index (κ1) is 18.3. The number of nitrogens with two attached hydrogens (primary N) is 1. The highest BCUT2D eigenvalue weighted by Crippen LogP contribution is 2.14. The summed E-state index contributed by atoms with van der Waals surface area (Å²) in [5.74, 6) is -3.15. The SMILES string of the molecule is NC(=O)[C@@H](Cc1ccccc1I)NC(=O)Cc1ccc(F)c(F)c1. The van der Waals surface area contributed by atoms with Crippen molar-refractivity contribution in [2.75, 3.05) is 0 Å². The Balaban J connectivity index is 2.04. The highest BCUT2D eigenvalue weighted by atomic mass is 127. The lowest BCUT2D eigenvalue weighted by Gasteiger charge is -2.16. The summed E-state index contributed by atoms with van der Waals surface area (Å²) in [5.41, 5.74) is 6.55. The van der Waals surface area contributed by atoms with Gasteiger partial charge in [0, 0.05) is 9.99 Å². The third kappa shape index (κ3) is 4.98. The standard InChI is InChI=1S/C17H15F2IN2O2/c18-12-6-5-10(7-13(12)19)8-16(23)22-15(17(21)24)9-11-3-1-2-4-14(11)20/h1-7,15H,8-9H2,(H2,21,24)(H,22,23)/t15-/m1/s1. The van der Waals surface area contributed by atoms with Crippen LogP contribution in [-0.4, -0.2) is 17.9 Å². The summed E-state index contributed by atoms with van der Waals surface area (Å²) >= 11 is 2.13. The second-order valence-corrected chi connectivity index (χ2v) is 6.41. The number of nitrogens with one attached hydrogen (secondary N) is 1. The van der Waals surface area contributed by atoms with Gasteiger partial charge in [0.15, 0.2) is 11.6 Å². The van der Waals surface area contributed by atoms with Crippen LogP contribution in [0.2, 0.25) is 0 Å². The Bertz CT molecular complexity index is 768. The predicted molar refractivity (Wildman–Crippen MR) is 94.1 cm³/mol. The van der Waals surface area contributed by atoms with Crippen LogP contribution >= 0.6 is 22.6 Å². The monoisotopic (exact) mass is 444 g/mol. The fourth-order valence-corrected chi connectivity index (χ4v) is 2.79. The largest absolute Gasteiger partial charge is 0.368 e. The van der Waals surface area contributed by atoms with Crippen LogP contribution in [0.3, 0.4) is 0 Å². The second kappa shape index (κ2) is 8.18. The maximum atomic E-state index is 13.2. The molecular formula is C17H15F2IN2O2. The zero-order valence-corrected chi connectivity index (χ0v) is 14.7. The van der Waals surface area contributed by atoms with Gasteiger partial charge in [-0.15, -0.1) is 0 Å². The van der Waals surface area contributed by atoms with Crippen molar-refractivity contribution in [2.24, 2.45) is 5.73 Å². The van der Waals surface area contributed by atoms with Gasteiger partial charge in [-0.05, 0) is 51.9 Å². The lowest BCUT2D eigenvalue weighted by Crippen LogP contribution is -2.46. The number of carbonyl (C=O) groups is 2. The molecule has 0 bridgehead atoms. The van der Waals surface area contributed by atoms with Gasteiger partial charge in [0.05, 0.1) is 6.42 Å². The number of primary amides is 1. The molecule has 3 N–H and O–H groups in total. The first-order chi connectivity index (χ1) is 11.4. The summed E-state index contributed by atoms with van der Waals surface area (Å²) < 4.78 is 27.0. The summed E-state index contributed by atoms with van der Waals surface area (Å²) in [6, 6.07) is 9.78. The summed E-state index contributed by atoms with van der Waals surface area (Å²) in [6.45, 7) is 0. The highest BCUT2D eigenvalue weighted by Gasteiger charge is 2.20. The zero-order valence-electron chi connectivity index (χ0n) is 12.6. The Morgan fingerprint density at radius 1 is 1.12 bits per heavy atom. The van der Waals surface area contributed by atoms with Crippen molar-refractivity contribution in [1.82, 2.24) is 5.32 Å². The van der Waals surface area contributed by atoms with Crippen molar-refractivity contribution in [1.29, 1.82) is 0 Å². The fourth-order valence-electron chi connectivity index (χ4n) is 2.19. The molecule has 0 fully saturated rings. The maximum absolute atomic E-state index is 13.2. The predicted octanol–water partition coefficient (Wildman–Crippen LogP) is 2.32. The molecule has 7 heteroatoms. The zero-order chi connectivity index (χ0) is 17.7. The van der Waals surface area contributed by atoms with Crippen molar-refractivity contribution < 1.29 is 18.4 Å². The molecule has 0 unspecified atom stereocenters. The van der Waals surface area contributed by atoms with Gasteiger partial charge in [-0.25, -0.2) is 8.78 Å². The Morgan fingerprint density at radius 2 is 1.83 bits per heavy atom. The molecule has 0 saturated carbocycles. The molecule has 0 aliphatic heterocycles. The van der Waals surface area contributed by atoms with Crippen molar-refractivity contribution >= 4 is 34.4 Å². The van der Waals surface area contributed by atoms with Gasteiger partial charge < -0.3 is 11.1 Å². The average Bonchev–Trinajstić information content (AvgIpc) is 2.52. The quantitative estimate of drug-likeness (QED) is 0.672. The van der Waals surface area contributed by atoms with E-state index in [0.717, 1.165) is 21.3 Å². The van der Waals surface area contributed by atoms with E-state index in [9.17, 15) is 18.4 Å². The molecule has 2 aromatic carbocycles. The third-order valence-corrected chi connectivity index (χ3v) is 4.46. The van der Waals surface area contributed by atoms with E-state index in [1.54, 1.807) is 0 Å². The first-order valence-electron chi connectivity index (χ1n) is 7.13. The molecule has 0 saturated heterocycles. The van der Waals surface area contributed by atoms with Crippen molar-refractivity contribution in [3.8, 4) is 0 Å². The van der Waals surface area contributed by atoms with Crippen LogP contribution < -0.4 is 11.1 Å². The van der Waals surface area contributed by atoms with E-state index < -0.39 is 29.5 Å². The number of benzene rings is 2. The van der Waals surface area contributed by atoms with Gasteiger partial charge in [0.1, 0.15) is 6.04 Å². The van der Waals surface area contributed by atoms with Gasteiger partial charge >= 0.3 is 0 Å². The van der Waals surface area contributed by atoms with Crippen LogP contribution in [0.4, 0.5) is 8.78 Å². The molecule has 2 rings (SSSR count). The van der Waals surface area contributed by atoms with Crippen molar-refractivity contribution in [3.63, 3.8) is 0 Å². The van der Waals surface area contributed by atoms with E-state index in [2.05, 4.69) is 27.9 Å². The maximum Gasteiger partial charge on any atom is 0.240 e. The molecular weight excluding hydrogens is 429 g/mol. The summed E-state index contributed by atoms with van der Waals surface area (Å²) in [7, 11) is 0. The molecule has 0 spiro atoms. The smallest absolute Gasteiger partial charge is 0.240 e. The van der Waals surface area contributed by atoms with Crippen LogP contribution in [-0.2, 0) is 22.4 Å². The lowest BCUT2D eigenvalue weighted by atomic mass is 10.0. The summed E-state index contributed by atoms with van der Waals surface area (Å²) in [5, 5.41) is 2.54. The Labute approximate surface area is 151 Å². The molecule has 24 heavy (non-hydrogen) atoms. The topological polar surface area (TPSA) is 72.2 Å². The van der Waals surface area contributed by atoms with Crippen molar-refractivity contribution in [3.05, 3.63) is 68.8 Å². The second-order valence-electron chi connectivity index (χ2n) is 5.24. The molecule has 2 amide bonds. The average molecular weight is 444 g/mol. The number of carbonyl (C=O) groups excluding carboxylic acids is 2. The highest BCUT2D eigenvalue weighted by molar-refractivity contribution is 14.1. The van der Waals surface area contributed by atoms with E-state index >= 15 is 0 Å². The number of halogens is 3. The molecule has 1 atom stereocenters. The number of hydrogen-bond donors (Lipinski definition) is 2. The minimum absolute atomic E-state index is 0.174. The first-order valence-corrected chi connectivity index (χ1v) is 8.20. The van der Waals surface area contributed by atoms with Crippen molar-refractivity contribution in [2.45, 2.75) is 18.9 Å². The minimum atomic E-state index is -1.02. The molecule has 4 nitrogen and oxygen atoms in total. The fraction of sp³-hybridized carbons (Fsp3) is 0.176. The van der Waals surface area contributed by atoms with Crippen LogP contribution in [0.5, 0.6) is 0 Å². The van der Waals surface area contributed by atoms with Gasteiger partial charge in [0.25, 0.3) is 0 Å². The Hall–Kier alpha value is -2.03. The Morgan fingerprint density at radius 3 is 2.46 bits per heavy atom. The van der Waals surface area contributed by atoms with Crippen LogP contribution in [0.1, 0.15) is 11.1 Å². The third-order valence-electron chi connectivity index (χ3n) is 3.41. The van der Waals surface area contributed by atoms with Crippen LogP contribution in [0, 0.1) is 15.2 Å². The van der Waals surface area contributed by atoms with E-state index in [0.29, 0.717) is 5.56 Å². The lowest BCUT2D eigenvalue weighted by molar-refractivity contribution is -0.127. The van der Waals surface area contributed by atoms with E-state index in [4.69, 9.17) is 5.73 Å². The van der Waals surface area contributed by atoms with Gasteiger partial charge in [-0.1, -0.05) is 24.3 Å². The molecule has 0 radical (unpaired) electrons. The van der Waals surface area contributed by atoms with Gasteiger partial charge in [-0.3, -0.25) is 9.59 Å². The van der Waals surface area contributed by atoms with Gasteiger partial charge in [0.2, 0.25) is 11.8 Å². The molecule has 0 heterocycles.